The summed E-state index contributed by atoms with van der Waals surface area (Å²) in [7, 11) is 0. The minimum absolute atomic E-state index is 0.00112. The largest absolute Gasteiger partial charge is 0.380 e. The maximum absolute atomic E-state index is 13.0. The quantitative estimate of drug-likeness (QED) is 0.740. The monoisotopic (exact) mass is 423 g/mol. The van der Waals surface area contributed by atoms with E-state index in [1.54, 1.807) is 35.4 Å². The molecule has 0 atom stereocenters. The Morgan fingerprint density at radius 1 is 1.00 bits per heavy atom. The lowest BCUT2D eigenvalue weighted by molar-refractivity contribution is 0.0742. The number of nitrogens with one attached hydrogen (secondary N) is 1. The first kappa shape index (κ1) is 22.6. The Morgan fingerprint density at radius 3 is 2.19 bits per heavy atom. The van der Waals surface area contributed by atoms with Crippen LogP contribution >= 0.6 is 0 Å². The summed E-state index contributed by atoms with van der Waals surface area (Å²) in [6.07, 6.45) is 1.80. The van der Waals surface area contributed by atoms with E-state index in [0.29, 0.717) is 43.3 Å². The fourth-order valence-electron chi connectivity index (χ4n) is 3.83. The molecule has 3 rings (SSSR count). The van der Waals surface area contributed by atoms with E-state index in [4.69, 9.17) is 0 Å². The van der Waals surface area contributed by atoms with E-state index in [2.05, 4.69) is 29.0 Å². The summed E-state index contributed by atoms with van der Waals surface area (Å²) < 4.78 is 0. The molecule has 0 bridgehead atoms. The van der Waals surface area contributed by atoms with Gasteiger partial charge in [-0.3, -0.25) is 9.59 Å². The topological polar surface area (TPSA) is 68.8 Å². The van der Waals surface area contributed by atoms with Gasteiger partial charge in [0.1, 0.15) is 0 Å². The van der Waals surface area contributed by atoms with E-state index in [0.717, 1.165) is 24.6 Å². The molecule has 2 heterocycles. The van der Waals surface area contributed by atoms with Gasteiger partial charge in [0.25, 0.3) is 11.8 Å². The molecular weight excluding hydrogens is 390 g/mol. The number of pyridine rings is 1. The number of carbonyl (C=O) groups is 2. The Kier molecular flexibility index (Phi) is 7.50. The molecule has 0 radical (unpaired) electrons. The number of nitrogens with zero attached hydrogens (tertiary/aromatic N) is 4. The van der Waals surface area contributed by atoms with Crippen LogP contribution in [0.15, 0.2) is 42.6 Å². The van der Waals surface area contributed by atoms with Crippen molar-refractivity contribution in [2.24, 2.45) is 0 Å². The van der Waals surface area contributed by atoms with Gasteiger partial charge in [0.05, 0.1) is 5.69 Å². The fraction of sp³-hybridized carbons (Fsp3) is 0.458. The predicted octanol–water partition coefficient (Wildman–Crippen LogP) is 3.35. The maximum Gasteiger partial charge on any atom is 0.253 e. The molecule has 31 heavy (non-hydrogen) atoms. The molecule has 0 saturated carbocycles. The third-order valence-corrected chi connectivity index (χ3v) is 5.53. The van der Waals surface area contributed by atoms with Crippen LogP contribution in [0.4, 0.5) is 11.5 Å². The van der Waals surface area contributed by atoms with Crippen LogP contribution in [0.5, 0.6) is 0 Å². The standard InChI is InChI=1S/C24H33N5O2/c1-5-27(6-2)23(30)19-9-11-20(12-10-19)24(31)29-16-14-28(15-17-29)22-21(26-18(3)4)8-7-13-25-22/h7-13,18,26H,5-6,14-17H2,1-4H3. The first-order valence-electron chi connectivity index (χ1n) is 11.1. The summed E-state index contributed by atoms with van der Waals surface area (Å²) in [6, 6.07) is 11.3. The third kappa shape index (κ3) is 5.34. The van der Waals surface area contributed by atoms with Crippen LogP contribution in [0.2, 0.25) is 0 Å². The molecular formula is C24H33N5O2. The molecule has 0 aliphatic carbocycles. The minimum Gasteiger partial charge on any atom is -0.380 e. The van der Waals surface area contributed by atoms with E-state index >= 15 is 0 Å². The highest BCUT2D eigenvalue weighted by molar-refractivity contribution is 5.98. The van der Waals surface area contributed by atoms with Gasteiger partial charge in [-0.2, -0.15) is 0 Å². The van der Waals surface area contributed by atoms with E-state index in [9.17, 15) is 9.59 Å². The van der Waals surface area contributed by atoms with Gasteiger partial charge < -0.3 is 20.0 Å². The van der Waals surface area contributed by atoms with Crippen molar-refractivity contribution in [3.63, 3.8) is 0 Å². The van der Waals surface area contributed by atoms with Crippen molar-refractivity contribution in [1.82, 2.24) is 14.8 Å². The Bertz CT molecular complexity index is 885. The van der Waals surface area contributed by atoms with Crippen molar-refractivity contribution >= 4 is 23.3 Å². The zero-order chi connectivity index (χ0) is 22.4. The average Bonchev–Trinajstić information content (AvgIpc) is 2.79. The van der Waals surface area contributed by atoms with E-state index in [-0.39, 0.29) is 11.8 Å². The normalized spacial score (nSPS) is 14.0. The van der Waals surface area contributed by atoms with Crippen molar-refractivity contribution in [2.45, 2.75) is 33.7 Å². The number of hydrogen-bond acceptors (Lipinski definition) is 5. The SMILES string of the molecule is CCN(CC)C(=O)c1ccc(C(=O)N2CCN(c3ncccc3NC(C)C)CC2)cc1. The number of hydrogen-bond donors (Lipinski definition) is 1. The second-order valence-electron chi connectivity index (χ2n) is 8.01. The molecule has 1 aliphatic heterocycles. The van der Waals surface area contributed by atoms with E-state index in [1.165, 1.54) is 0 Å². The Morgan fingerprint density at radius 2 is 1.61 bits per heavy atom. The van der Waals surface area contributed by atoms with Gasteiger partial charge >= 0.3 is 0 Å². The fourth-order valence-corrected chi connectivity index (χ4v) is 3.83. The molecule has 1 aromatic carbocycles. The Labute approximate surface area is 185 Å². The van der Waals surface area contributed by atoms with Crippen molar-refractivity contribution in [2.75, 3.05) is 49.5 Å². The van der Waals surface area contributed by atoms with E-state index in [1.807, 2.05) is 30.9 Å². The number of rotatable bonds is 7. The van der Waals surface area contributed by atoms with Gasteiger partial charge in [0.2, 0.25) is 0 Å². The number of carbonyl (C=O) groups excluding carboxylic acids is 2. The van der Waals surface area contributed by atoms with Crippen molar-refractivity contribution in [3.05, 3.63) is 53.7 Å². The first-order chi connectivity index (χ1) is 14.9. The highest BCUT2D eigenvalue weighted by Crippen LogP contribution is 2.25. The maximum atomic E-state index is 13.0. The molecule has 2 amide bonds. The molecule has 166 valence electrons. The second kappa shape index (κ2) is 10.3. The van der Waals surface area contributed by atoms with Gasteiger partial charge in [-0.15, -0.1) is 0 Å². The molecule has 2 aromatic rings. The molecule has 1 aromatic heterocycles. The average molecular weight is 424 g/mol. The molecule has 0 unspecified atom stereocenters. The number of benzene rings is 1. The summed E-state index contributed by atoms with van der Waals surface area (Å²) in [4.78, 5) is 35.9. The lowest BCUT2D eigenvalue weighted by Gasteiger charge is -2.36. The van der Waals surface area contributed by atoms with Gasteiger partial charge in [-0.25, -0.2) is 4.98 Å². The molecule has 0 spiro atoms. The van der Waals surface area contributed by atoms with Crippen LogP contribution in [0.25, 0.3) is 0 Å². The molecule has 1 fully saturated rings. The van der Waals surface area contributed by atoms with Crippen LogP contribution in [0, 0.1) is 0 Å². The van der Waals surface area contributed by atoms with Gasteiger partial charge in [-0.1, -0.05) is 0 Å². The molecule has 1 saturated heterocycles. The molecule has 1 aliphatic rings. The third-order valence-electron chi connectivity index (χ3n) is 5.53. The number of amides is 2. The summed E-state index contributed by atoms with van der Waals surface area (Å²) in [6.45, 7) is 12.2. The van der Waals surface area contributed by atoms with Crippen molar-refractivity contribution in [3.8, 4) is 0 Å². The first-order valence-corrected chi connectivity index (χ1v) is 11.1. The highest BCUT2D eigenvalue weighted by atomic mass is 16.2. The summed E-state index contributed by atoms with van der Waals surface area (Å²) in [5.74, 6) is 0.935. The number of aromatic nitrogens is 1. The molecule has 7 nitrogen and oxygen atoms in total. The van der Waals surface area contributed by atoms with Gasteiger partial charge in [-0.05, 0) is 64.1 Å². The summed E-state index contributed by atoms with van der Waals surface area (Å²) in [5, 5.41) is 3.45. The van der Waals surface area contributed by atoms with Crippen LogP contribution in [0.3, 0.4) is 0 Å². The van der Waals surface area contributed by atoms with Crippen LogP contribution in [-0.2, 0) is 0 Å². The molecule has 1 N–H and O–H groups in total. The Hall–Kier alpha value is -3.09. The summed E-state index contributed by atoms with van der Waals surface area (Å²) >= 11 is 0. The number of piperazine rings is 1. The Balaban J connectivity index is 1.63. The highest BCUT2D eigenvalue weighted by Gasteiger charge is 2.24. The zero-order valence-corrected chi connectivity index (χ0v) is 19.0. The van der Waals surface area contributed by atoms with Crippen LogP contribution in [0.1, 0.15) is 48.4 Å². The lowest BCUT2D eigenvalue weighted by Crippen LogP contribution is -2.49. The van der Waals surface area contributed by atoms with Gasteiger partial charge in [0.15, 0.2) is 5.82 Å². The summed E-state index contributed by atoms with van der Waals surface area (Å²) in [5.41, 5.74) is 2.25. The zero-order valence-electron chi connectivity index (χ0n) is 19.0. The van der Waals surface area contributed by atoms with Crippen molar-refractivity contribution in [1.29, 1.82) is 0 Å². The predicted molar refractivity (Wildman–Crippen MR) is 125 cm³/mol. The van der Waals surface area contributed by atoms with Crippen LogP contribution in [-0.4, -0.2) is 71.9 Å². The van der Waals surface area contributed by atoms with E-state index < -0.39 is 0 Å². The minimum atomic E-state index is -0.00112. The van der Waals surface area contributed by atoms with Crippen molar-refractivity contribution < 1.29 is 9.59 Å². The second-order valence-corrected chi connectivity index (χ2v) is 8.01. The smallest absolute Gasteiger partial charge is 0.253 e. The van der Waals surface area contributed by atoms with Gasteiger partial charge in [0, 0.05) is 62.6 Å². The number of anilines is 2. The molecule has 7 heteroatoms. The lowest BCUT2D eigenvalue weighted by atomic mass is 10.1. The van der Waals surface area contributed by atoms with Crippen LogP contribution < -0.4 is 10.2 Å².